The van der Waals surface area contributed by atoms with Crippen LogP contribution in [-0.2, 0) is 5.41 Å². The second-order valence-corrected chi connectivity index (χ2v) is 24.8. The number of aryl methyl sites for hydroxylation is 2. The normalized spacial score (nSPS) is 12.8. The molecule has 13 rings (SSSR count). The van der Waals surface area contributed by atoms with Gasteiger partial charge in [0.05, 0.1) is 11.0 Å². The molecular formula is C82H74N4O. The summed E-state index contributed by atoms with van der Waals surface area (Å²) in [5, 5.41) is 11.4. The maximum Gasteiger partial charge on any atom is 0.248 e. The van der Waals surface area contributed by atoms with Crippen molar-refractivity contribution in [2.45, 2.75) is 90.9 Å². The zero-order valence-electron chi connectivity index (χ0n) is 51.0. The molecule has 3 unspecified atom stereocenters. The molecule has 428 valence electrons. The molecular weight excluding hydrogens is 1060 g/mol. The van der Waals surface area contributed by atoms with Gasteiger partial charge in [-0.15, -0.1) is 10.2 Å². The van der Waals surface area contributed by atoms with Crippen molar-refractivity contribution >= 4 is 38.9 Å². The minimum atomic E-state index is 0.0739. The molecule has 0 fully saturated rings. The molecule has 0 aliphatic carbocycles. The highest BCUT2D eigenvalue weighted by atomic mass is 16.4. The molecule has 13 aromatic rings. The third-order valence-corrected chi connectivity index (χ3v) is 17.9. The summed E-state index contributed by atoms with van der Waals surface area (Å²) in [6.45, 7) is 15.7. The van der Waals surface area contributed by atoms with Gasteiger partial charge in [0.1, 0.15) is 0 Å². The fourth-order valence-electron chi connectivity index (χ4n) is 12.7. The summed E-state index contributed by atoms with van der Waals surface area (Å²) in [6.07, 6.45) is 3.11. The monoisotopic (exact) mass is 1130 g/mol. The number of rotatable bonds is 17. The van der Waals surface area contributed by atoms with Crippen LogP contribution >= 0.6 is 0 Å². The summed E-state index contributed by atoms with van der Waals surface area (Å²) in [5.41, 5.74) is 24.0. The highest BCUT2D eigenvalue weighted by molar-refractivity contribution is 6.09. The second kappa shape index (κ2) is 24.3. The van der Waals surface area contributed by atoms with Gasteiger partial charge in [-0.2, -0.15) is 0 Å². The van der Waals surface area contributed by atoms with E-state index in [1.54, 1.807) is 0 Å². The van der Waals surface area contributed by atoms with Crippen LogP contribution in [0.3, 0.4) is 0 Å². The van der Waals surface area contributed by atoms with Gasteiger partial charge in [-0.05, 0) is 197 Å². The van der Waals surface area contributed by atoms with Crippen molar-refractivity contribution in [1.82, 2.24) is 14.8 Å². The Morgan fingerprint density at radius 2 is 0.747 bits per heavy atom. The van der Waals surface area contributed by atoms with Crippen molar-refractivity contribution in [3.8, 4) is 62.0 Å². The van der Waals surface area contributed by atoms with Crippen molar-refractivity contribution in [3.63, 3.8) is 0 Å². The third-order valence-electron chi connectivity index (χ3n) is 17.9. The first-order valence-electron chi connectivity index (χ1n) is 30.9. The molecule has 0 aliphatic heterocycles. The largest absolute Gasteiger partial charge is 0.416 e. The first-order chi connectivity index (χ1) is 42.4. The number of hydrogen-bond acceptors (Lipinski definition) is 4. The number of anilines is 3. The molecule has 0 radical (unpaired) electrons. The standard InChI is InChI=1S/C82H74N4O/c1-8-58(60-25-27-62(28-26-60)64-33-35-68(36-34-64)80-83-84-81(87-80)69-37-43-71(44-38-69)82(5,6)7)54-70(67-31-29-63(30-32-67)65-39-49-74(50-40-65)85(72-45-17-55(2)18-46-72)73-47-19-56(3)20-48-73)53-57(4)59-21-23-61(24-22-59)66-41-51-75(52-42-66)86-78-15-11-9-13-76(78)77-14-10-12-16-79(77)86/h9-52,57-58,70H,8,53-54H2,1-7H3. The number of aromatic nitrogens is 3. The Balaban J connectivity index is 0.744. The Hall–Kier alpha value is -9.84. The van der Waals surface area contributed by atoms with Gasteiger partial charge in [-0.25, -0.2) is 0 Å². The van der Waals surface area contributed by atoms with Crippen molar-refractivity contribution in [1.29, 1.82) is 0 Å². The van der Waals surface area contributed by atoms with Crippen LogP contribution in [0.25, 0.3) is 83.8 Å². The van der Waals surface area contributed by atoms with Crippen LogP contribution in [-0.4, -0.2) is 14.8 Å². The summed E-state index contributed by atoms with van der Waals surface area (Å²) in [6, 6.07) is 98.1. The van der Waals surface area contributed by atoms with E-state index in [-0.39, 0.29) is 5.41 Å². The highest BCUT2D eigenvalue weighted by Gasteiger charge is 2.24. The summed E-state index contributed by atoms with van der Waals surface area (Å²) in [4.78, 5) is 2.34. The molecule has 0 spiro atoms. The van der Waals surface area contributed by atoms with Crippen LogP contribution in [0.4, 0.5) is 17.1 Å². The molecule has 5 heteroatoms. The van der Waals surface area contributed by atoms with Crippen LogP contribution in [0.5, 0.6) is 0 Å². The van der Waals surface area contributed by atoms with E-state index in [0.29, 0.717) is 29.5 Å². The molecule has 5 nitrogen and oxygen atoms in total. The lowest BCUT2D eigenvalue weighted by Crippen LogP contribution is -2.10. The molecule has 0 bridgehead atoms. The Kier molecular flexibility index (Phi) is 15.7. The van der Waals surface area contributed by atoms with E-state index in [2.05, 4.69) is 335 Å². The smallest absolute Gasteiger partial charge is 0.248 e. The van der Waals surface area contributed by atoms with Crippen molar-refractivity contribution in [2.24, 2.45) is 0 Å². The number of fused-ring (bicyclic) bond motifs is 3. The van der Waals surface area contributed by atoms with Gasteiger partial charge >= 0.3 is 0 Å². The Morgan fingerprint density at radius 3 is 1.18 bits per heavy atom. The number of hydrogen-bond donors (Lipinski definition) is 0. The van der Waals surface area contributed by atoms with Gasteiger partial charge in [0.25, 0.3) is 0 Å². The second-order valence-electron chi connectivity index (χ2n) is 24.8. The molecule has 11 aromatic carbocycles. The summed E-state index contributed by atoms with van der Waals surface area (Å²) in [5.74, 6) is 2.07. The first kappa shape index (κ1) is 56.3. The molecule has 0 N–H and O–H groups in total. The van der Waals surface area contributed by atoms with E-state index in [9.17, 15) is 0 Å². The van der Waals surface area contributed by atoms with Crippen LogP contribution in [0, 0.1) is 13.8 Å². The highest BCUT2D eigenvalue weighted by Crippen LogP contribution is 2.42. The van der Waals surface area contributed by atoms with E-state index in [1.165, 1.54) is 88.7 Å². The number of benzene rings is 11. The van der Waals surface area contributed by atoms with E-state index in [4.69, 9.17) is 4.42 Å². The molecule has 0 saturated heterocycles. The molecule has 2 aromatic heterocycles. The minimum absolute atomic E-state index is 0.0739. The van der Waals surface area contributed by atoms with Crippen LogP contribution in [0.2, 0.25) is 0 Å². The third kappa shape index (κ3) is 12.0. The zero-order chi connectivity index (χ0) is 59.6. The van der Waals surface area contributed by atoms with E-state index >= 15 is 0 Å². The average molecular weight is 1130 g/mol. The SMILES string of the molecule is CCC(CC(CC(C)c1ccc(-c2ccc(-n3c4ccccc4c4ccccc43)cc2)cc1)c1ccc(-c2ccc(N(c3ccc(C)cc3)c3ccc(C)cc3)cc2)cc1)c1ccc(-c2ccc(-c3nnc(-c4ccc(C(C)(C)C)cc4)o3)cc2)cc1. The molecule has 87 heavy (non-hydrogen) atoms. The molecule has 0 amide bonds. The molecule has 3 atom stereocenters. The fourth-order valence-corrected chi connectivity index (χ4v) is 12.7. The van der Waals surface area contributed by atoms with E-state index in [1.807, 2.05) is 0 Å². The summed E-state index contributed by atoms with van der Waals surface area (Å²) in [7, 11) is 0. The van der Waals surface area contributed by atoms with Gasteiger partial charge < -0.3 is 13.9 Å². The van der Waals surface area contributed by atoms with Gasteiger partial charge in [-0.3, -0.25) is 0 Å². The summed E-state index contributed by atoms with van der Waals surface area (Å²) >= 11 is 0. The lowest BCUT2D eigenvalue weighted by atomic mass is 9.78. The molecule has 0 saturated carbocycles. The molecule has 2 heterocycles. The predicted molar refractivity (Wildman–Crippen MR) is 365 cm³/mol. The Morgan fingerprint density at radius 1 is 0.391 bits per heavy atom. The van der Waals surface area contributed by atoms with Crippen LogP contribution in [0.1, 0.15) is 105 Å². The summed E-state index contributed by atoms with van der Waals surface area (Å²) < 4.78 is 8.57. The lowest BCUT2D eigenvalue weighted by Gasteiger charge is -2.27. The van der Waals surface area contributed by atoms with Crippen LogP contribution in [0.15, 0.2) is 271 Å². The first-order valence-corrected chi connectivity index (χ1v) is 30.9. The number of nitrogens with zero attached hydrogens (tertiary/aromatic N) is 4. The Bertz CT molecular complexity index is 4340. The van der Waals surface area contributed by atoms with Crippen molar-refractivity contribution in [3.05, 3.63) is 300 Å². The number of para-hydroxylation sites is 2. The minimum Gasteiger partial charge on any atom is -0.416 e. The zero-order valence-corrected chi connectivity index (χ0v) is 51.0. The van der Waals surface area contributed by atoms with Gasteiger partial charge in [-0.1, -0.05) is 228 Å². The predicted octanol–water partition coefficient (Wildman–Crippen LogP) is 22.7. The topological polar surface area (TPSA) is 47.1 Å². The van der Waals surface area contributed by atoms with Crippen LogP contribution < -0.4 is 4.90 Å². The maximum atomic E-state index is 6.19. The van der Waals surface area contributed by atoms with Gasteiger partial charge in [0.2, 0.25) is 11.8 Å². The van der Waals surface area contributed by atoms with Gasteiger partial charge in [0, 0.05) is 44.6 Å². The quantitative estimate of drug-likeness (QED) is 0.0912. The van der Waals surface area contributed by atoms with Gasteiger partial charge in [0.15, 0.2) is 0 Å². The molecule has 0 aliphatic rings. The van der Waals surface area contributed by atoms with E-state index in [0.717, 1.165) is 53.0 Å². The average Bonchev–Trinajstić information content (AvgIpc) is 2.72. The maximum absolute atomic E-state index is 6.19. The Labute approximate surface area is 513 Å². The van der Waals surface area contributed by atoms with Crippen molar-refractivity contribution in [2.75, 3.05) is 4.90 Å². The fraction of sp³-hybridized carbons (Fsp3) is 0.171. The van der Waals surface area contributed by atoms with Crippen molar-refractivity contribution < 1.29 is 4.42 Å². The lowest BCUT2D eigenvalue weighted by molar-refractivity contribution is 0.467. The van der Waals surface area contributed by atoms with E-state index < -0.39 is 0 Å².